The van der Waals surface area contributed by atoms with E-state index < -0.39 is 11.4 Å². The van der Waals surface area contributed by atoms with Gasteiger partial charge in [-0.15, -0.1) is 0 Å². The molecule has 7 heteroatoms. The molecule has 1 unspecified atom stereocenters. The average molecular weight is 549 g/mol. The molecule has 2 N–H and O–H groups in total. The van der Waals surface area contributed by atoms with Crippen molar-refractivity contribution in [3.05, 3.63) is 95.1 Å². The number of rotatable bonds is 8. The number of carbonyl (C=O) groups excluding carboxylic acids is 2. The molecule has 0 radical (unpaired) electrons. The molecule has 41 heavy (non-hydrogen) atoms. The molecule has 0 fully saturated rings. The van der Waals surface area contributed by atoms with E-state index in [0.29, 0.717) is 17.1 Å². The first-order valence-electron chi connectivity index (χ1n) is 14.5. The first-order valence-corrected chi connectivity index (χ1v) is 14.5. The number of hydrogen-bond donors (Lipinski definition) is 1. The summed E-state index contributed by atoms with van der Waals surface area (Å²) in [6, 6.07) is 24.4. The molecule has 2 aliphatic heterocycles. The highest BCUT2D eigenvalue weighted by molar-refractivity contribution is 6.05. The summed E-state index contributed by atoms with van der Waals surface area (Å²) in [4.78, 5) is 32.7. The summed E-state index contributed by atoms with van der Waals surface area (Å²) < 4.78 is 6.82. The van der Waals surface area contributed by atoms with E-state index in [2.05, 4.69) is 73.9 Å². The number of hydrogen-bond acceptors (Lipinski definition) is 5. The fourth-order valence-corrected chi connectivity index (χ4v) is 6.76. The molecule has 1 spiro atoms. The summed E-state index contributed by atoms with van der Waals surface area (Å²) in [5.74, 6) is 0.575. The van der Waals surface area contributed by atoms with Gasteiger partial charge in [0.05, 0.1) is 0 Å². The fraction of sp³-hybridized carbons (Fsp3) is 0.294. The van der Waals surface area contributed by atoms with Gasteiger partial charge in [0, 0.05) is 65.7 Å². The van der Waals surface area contributed by atoms with Crippen molar-refractivity contribution in [3.8, 4) is 11.5 Å². The van der Waals surface area contributed by atoms with Gasteiger partial charge in [-0.25, -0.2) is 0 Å². The van der Waals surface area contributed by atoms with Crippen molar-refractivity contribution < 1.29 is 14.3 Å². The maximum Gasteiger partial charge on any atom is 0.255 e. The standard InChI is InChI=1S/C34H36N4O3/c1-5-36(6-2)23-14-16-25-22(19-23)13-17-29-32(25)41-30-20-24(37(7-3)8-4)15-18-28(30)34(29)27-12-10-9-11-26(27)33(40)38(34)21-31(35)39/h9-20H,5-8,21H2,1-4H3,(H2,35,39). The summed E-state index contributed by atoms with van der Waals surface area (Å²) >= 11 is 0. The Morgan fingerprint density at radius 3 is 2.12 bits per heavy atom. The zero-order valence-corrected chi connectivity index (χ0v) is 24.1. The Morgan fingerprint density at radius 2 is 1.44 bits per heavy atom. The predicted octanol–water partition coefficient (Wildman–Crippen LogP) is 5.87. The van der Waals surface area contributed by atoms with Crippen LogP contribution in [0.1, 0.15) is 54.7 Å². The van der Waals surface area contributed by atoms with Gasteiger partial charge >= 0.3 is 0 Å². The van der Waals surface area contributed by atoms with E-state index in [1.54, 1.807) is 4.90 Å². The Kier molecular flexibility index (Phi) is 6.60. The maximum atomic E-state index is 14.0. The molecular weight excluding hydrogens is 512 g/mol. The summed E-state index contributed by atoms with van der Waals surface area (Å²) in [6.45, 7) is 11.9. The smallest absolute Gasteiger partial charge is 0.255 e. The average Bonchev–Trinajstić information content (AvgIpc) is 3.22. The van der Waals surface area contributed by atoms with Gasteiger partial charge in [-0.2, -0.15) is 0 Å². The lowest BCUT2D eigenvalue weighted by Crippen LogP contribution is -2.50. The maximum absolute atomic E-state index is 14.0. The summed E-state index contributed by atoms with van der Waals surface area (Å²) in [5.41, 5.74) is 9.93. The predicted molar refractivity (Wildman–Crippen MR) is 164 cm³/mol. The summed E-state index contributed by atoms with van der Waals surface area (Å²) in [7, 11) is 0. The SMILES string of the molecule is CCN(CC)c1ccc2c(c1)Oc1c(ccc3cc(N(CC)CC)ccc13)C21c2ccccc2C(=O)N1CC(N)=O. The first kappa shape index (κ1) is 26.7. The van der Waals surface area contributed by atoms with Gasteiger partial charge in [-0.3, -0.25) is 9.59 Å². The molecule has 1 atom stereocenters. The Morgan fingerprint density at radius 1 is 0.805 bits per heavy atom. The second-order valence-corrected chi connectivity index (χ2v) is 10.6. The molecule has 6 rings (SSSR count). The fourth-order valence-electron chi connectivity index (χ4n) is 6.76. The van der Waals surface area contributed by atoms with Crippen LogP contribution in [0.3, 0.4) is 0 Å². The minimum atomic E-state index is -1.07. The normalized spacial score (nSPS) is 16.8. The number of ether oxygens (including phenoxy) is 1. The van der Waals surface area contributed by atoms with Crippen LogP contribution in [0.2, 0.25) is 0 Å². The zero-order valence-electron chi connectivity index (χ0n) is 24.1. The van der Waals surface area contributed by atoms with Crippen LogP contribution < -0.4 is 20.3 Å². The summed E-state index contributed by atoms with van der Waals surface area (Å²) in [5, 5.41) is 2.00. The van der Waals surface area contributed by atoms with E-state index in [1.807, 2.05) is 36.4 Å². The Labute approximate surface area is 241 Å². The molecule has 4 aromatic carbocycles. The van der Waals surface area contributed by atoms with Crippen molar-refractivity contribution in [2.45, 2.75) is 33.2 Å². The van der Waals surface area contributed by atoms with Crippen LogP contribution in [-0.4, -0.2) is 49.4 Å². The van der Waals surface area contributed by atoms with Crippen LogP contribution in [0.4, 0.5) is 11.4 Å². The van der Waals surface area contributed by atoms with Gasteiger partial charge in [0.1, 0.15) is 23.6 Å². The Hall–Kier alpha value is -4.52. The molecule has 0 aromatic heterocycles. The molecule has 0 aliphatic carbocycles. The minimum absolute atomic E-state index is 0.219. The Balaban J connectivity index is 1.69. The van der Waals surface area contributed by atoms with Crippen molar-refractivity contribution in [2.75, 3.05) is 42.5 Å². The van der Waals surface area contributed by atoms with Crippen molar-refractivity contribution >= 4 is 34.0 Å². The molecule has 210 valence electrons. The van der Waals surface area contributed by atoms with Gasteiger partial charge in [-0.05, 0) is 69.0 Å². The van der Waals surface area contributed by atoms with E-state index in [1.165, 1.54) is 0 Å². The molecule has 0 saturated heterocycles. The van der Waals surface area contributed by atoms with Crippen LogP contribution in [0, 0.1) is 0 Å². The van der Waals surface area contributed by atoms with Gasteiger partial charge in [0.25, 0.3) is 5.91 Å². The van der Waals surface area contributed by atoms with E-state index in [9.17, 15) is 9.59 Å². The number of nitrogens with two attached hydrogens (primary N) is 1. The number of nitrogens with zero attached hydrogens (tertiary/aromatic N) is 3. The van der Waals surface area contributed by atoms with Crippen LogP contribution in [0.25, 0.3) is 10.8 Å². The van der Waals surface area contributed by atoms with Crippen LogP contribution in [0.5, 0.6) is 11.5 Å². The van der Waals surface area contributed by atoms with Gasteiger partial charge < -0.3 is 25.2 Å². The number of fused-ring (bicyclic) bond motifs is 8. The molecule has 0 bridgehead atoms. The first-order chi connectivity index (χ1) is 19.9. The van der Waals surface area contributed by atoms with E-state index in [-0.39, 0.29) is 12.5 Å². The molecule has 7 nitrogen and oxygen atoms in total. The van der Waals surface area contributed by atoms with Crippen LogP contribution in [0.15, 0.2) is 72.8 Å². The summed E-state index contributed by atoms with van der Waals surface area (Å²) in [6.07, 6.45) is 0. The van der Waals surface area contributed by atoms with Crippen molar-refractivity contribution in [3.63, 3.8) is 0 Å². The van der Waals surface area contributed by atoms with Crippen LogP contribution >= 0.6 is 0 Å². The second kappa shape index (κ2) is 10.1. The lowest BCUT2D eigenvalue weighted by molar-refractivity contribution is -0.119. The third-order valence-electron chi connectivity index (χ3n) is 8.68. The van der Waals surface area contributed by atoms with Gasteiger partial charge in [0.2, 0.25) is 5.91 Å². The largest absolute Gasteiger partial charge is 0.456 e. The number of carbonyl (C=O) groups is 2. The minimum Gasteiger partial charge on any atom is -0.456 e. The Bertz CT molecular complexity index is 1670. The topological polar surface area (TPSA) is 79.1 Å². The van der Waals surface area contributed by atoms with Gasteiger partial charge in [0.15, 0.2) is 0 Å². The zero-order chi connectivity index (χ0) is 28.9. The number of amides is 2. The number of primary amides is 1. The quantitative estimate of drug-likeness (QED) is 0.298. The molecule has 4 aromatic rings. The van der Waals surface area contributed by atoms with Crippen molar-refractivity contribution in [1.29, 1.82) is 0 Å². The number of benzene rings is 4. The monoisotopic (exact) mass is 548 g/mol. The third kappa shape index (κ3) is 3.86. The highest BCUT2D eigenvalue weighted by atomic mass is 16.5. The molecule has 0 saturated carbocycles. The lowest BCUT2D eigenvalue weighted by atomic mass is 9.74. The molecule has 2 aliphatic rings. The van der Waals surface area contributed by atoms with E-state index in [0.717, 1.165) is 65.0 Å². The molecule has 2 amide bonds. The third-order valence-corrected chi connectivity index (χ3v) is 8.68. The number of anilines is 2. The second-order valence-electron chi connectivity index (χ2n) is 10.6. The molecular formula is C34H36N4O3. The molecule has 2 heterocycles. The lowest BCUT2D eigenvalue weighted by Gasteiger charge is -2.44. The van der Waals surface area contributed by atoms with E-state index >= 15 is 0 Å². The van der Waals surface area contributed by atoms with Crippen molar-refractivity contribution in [1.82, 2.24) is 4.90 Å². The van der Waals surface area contributed by atoms with Crippen molar-refractivity contribution in [2.24, 2.45) is 5.73 Å². The van der Waals surface area contributed by atoms with Crippen LogP contribution in [-0.2, 0) is 10.3 Å². The highest BCUT2D eigenvalue weighted by Gasteiger charge is 2.56. The highest BCUT2D eigenvalue weighted by Crippen LogP contribution is 2.59. The van der Waals surface area contributed by atoms with Gasteiger partial charge in [-0.1, -0.05) is 36.4 Å². The van der Waals surface area contributed by atoms with E-state index in [4.69, 9.17) is 10.5 Å².